The van der Waals surface area contributed by atoms with Crippen molar-refractivity contribution in [1.29, 1.82) is 10.5 Å². The first-order chi connectivity index (χ1) is 23.7. The van der Waals surface area contributed by atoms with E-state index < -0.39 is 4.92 Å². The lowest BCUT2D eigenvalue weighted by Gasteiger charge is -2.18. The number of nitro benzene ring substituents is 1. The molecule has 49 heavy (non-hydrogen) atoms. The van der Waals surface area contributed by atoms with Gasteiger partial charge in [0.25, 0.3) is 17.5 Å². The van der Waals surface area contributed by atoms with Crippen LogP contribution >= 0.6 is 0 Å². The van der Waals surface area contributed by atoms with Crippen LogP contribution in [-0.4, -0.2) is 39.0 Å². The van der Waals surface area contributed by atoms with Crippen LogP contribution in [0.4, 0.5) is 10.1 Å². The molecular formula is C37H26FN7O4. The Balaban J connectivity index is 0.000000154. The van der Waals surface area contributed by atoms with Crippen LogP contribution in [0.15, 0.2) is 78.9 Å². The Hall–Kier alpha value is -6.79. The summed E-state index contributed by atoms with van der Waals surface area (Å²) in [6, 6.07) is 26.1. The van der Waals surface area contributed by atoms with Gasteiger partial charge >= 0.3 is 0 Å². The molecular weight excluding hydrogens is 625 g/mol. The van der Waals surface area contributed by atoms with Gasteiger partial charge in [0.2, 0.25) is 0 Å². The molecule has 2 aromatic heterocycles. The summed E-state index contributed by atoms with van der Waals surface area (Å²) in [5.41, 5.74) is 7.40. The summed E-state index contributed by atoms with van der Waals surface area (Å²) in [5.74, 6) is -0.557. The normalized spacial score (nSPS) is 13.3. The summed E-state index contributed by atoms with van der Waals surface area (Å²) in [6.45, 7) is 4.09. The van der Waals surface area contributed by atoms with Crippen molar-refractivity contribution in [1.82, 2.24) is 19.8 Å². The Labute approximate surface area is 278 Å². The Morgan fingerprint density at radius 3 is 1.69 bits per heavy atom. The molecule has 4 aromatic carbocycles. The fourth-order valence-corrected chi connectivity index (χ4v) is 6.50. The fraction of sp³-hybridized carbons (Fsp3) is 0.135. The monoisotopic (exact) mass is 651 g/mol. The molecule has 0 aliphatic carbocycles. The number of aromatic nitrogens is 2. The molecule has 0 spiro atoms. The molecule has 2 aliphatic heterocycles. The molecule has 11 nitrogen and oxygen atoms in total. The van der Waals surface area contributed by atoms with E-state index in [1.165, 1.54) is 18.2 Å². The number of halogens is 1. The van der Waals surface area contributed by atoms with Crippen molar-refractivity contribution < 1.29 is 18.9 Å². The highest BCUT2D eigenvalue weighted by Gasteiger charge is 2.24. The fourth-order valence-electron chi connectivity index (χ4n) is 6.50. The predicted octanol–water partition coefficient (Wildman–Crippen LogP) is 6.20. The smallest absolute Gasteiger partial charge is 0.269 e. The van der Waals surface area contributed by atoms with Gasteiger partial charge in [-0.25, -0.2) is 4.39 Å². The number of non-ortho nitro benzene ring substituents is 1. The molecule has 0 radical (unpaired) electrons. The van der Waals surface area contributed by atoms with Crippen molar-refractivity contribution in [2.45, 2.75) is 20.0 Å². The zero-order valence-corrected chi connectivity index (χ0v) is 26.1. The number of nitro groups is 1. The number of amides is 2. The second kappa shape index (κ2) is 12.1. The van der Waals surface area contributed by atoms with E-state index in [9.17, 15) is 34.6 Å². The SMILES string of the molecule is Cc1ccc(-c2cc(C#N)cc3cc4n(c23)CCNC4=O)cc1F.N#Cc1cc(-c2ccc([N+](=O)[O-])cc2)c2c(c1)cc1n2CCNC1=O. The van der Waals surface area contributed by atoms with Gasteiger partial charge in [0.05, 0.1) is 39.2 Å². The van der Waals surface area contributed by atoms with Crippen molar-refractivity contribution >= 4 is 39.3 Å². The second-order valence-electron chi connectivity index (χ2n) is 11.8. The summed E-state index contributed by atoms with van der Waals surface area (Å²) in [4.78, 5) is 34.6. The largest absolute Gasteiger partial charge is 0.349 e. The van der Waals surface area contributed by atoms with Crippen molar-refractivity contribution in [3.8, 4) is 34.4 Å². The van der Waals surface area contributed by atoms with Gasteiger partial charge in [-0.05, 0) is 78.2 Å². The number of carbonyl (C=O) groups excluding carboxylic acids is 2. The van der Waals surface area contributed by atoms with Gasteiger partial charge in [0.1, 0.15) is 17.2 Å². The zero-order chi connectivity index (χ0) is 34.4. The Morgan fingerprint density at radius 1 is 0.735 bits per heavy atom. The van der Waals surface area contributed by atoms with E-state index in [1.807, 2.05) is 15.2 Å². The van der Waals surface area contributed by atoms with Crippen LogP contribution in [0.5, 0.6) is 0 Å². The quantitative estimate of drug-likeness (QED) is 0.171. The maximum atomic E-state index is 14.0. The highest BCUT2D eigenvalue weighted by molar-refractivity contribution is 6.05. The number of hydrogen-bond acceptors (Lipinski definition) is 6. The molecule has 2 amide bonds. The number of fused-ring (bicyclic) bond motifs is 6. The maximum Gasteiger partial charge on any atom is 0.269 e. The summed E-state index contributed by atoms with van der Waals surface area (Å²) < 4.78 is 17.9. The first-order valence-electron chi connectivity index (χ1n) is 15.4. The van der Waals surface area contributed by atoms with Gasteiger partial charge < -0.3 is 19.8 Å². The number of aryl methyl sites for hydroxylation is 1. The highest BCUT2D eigenvalue weighted by atomic mass is 19.1. The molecule has 12 heteroatoms. The van der Waals surface area contributed by atoms with E-state index >= 15 is 0 Å². The van der Waals surface area contributed by atoms with Crippen LogP contribution in [-0.2, 0) is 13.1 Å². The molecule has 0 atom stereocenters. The molecule has 8 rings (SSSR count). The van der Waals surface area contributed by atoms with E-state index in [0.29, 0.717) is 59.8 Å². The Bertz CT molecular complexity index is 2460. The van der Waals surface area contributed by atoms with Gasteiger partial charge in [-0.15, -0.1) is 0 Å². The molecule has 240 valence electrons. The topological polar surface area (TPSA) is 159 Å². The molecule has 6 aromatic rings. The lowest BCUT2D eigenvalue weighted by molar-refractivity contribution is -0.384. The number of nitriles is 2. The summed E-state index contributed by atoms with van der Waals surface area (Å²) in [5, 5.41) is 36.7. The average Bonchev–Trinajstić information content (AvgIpc) is 3.69. The predicted molar refractivity (Wildman–Crippen MR) is 180 cm³/mol. The average molecular weight is 652 g/mol. The van der Waals surface area contributed by atoms with Crippen molar-refractivity contribution in [2.24, 2.45) is 0 Å². The van der Waals surface area contributed by atoms with Crippen molar-refractivity contribution in [3.05, 3.63) is 123 Å². The molecule has 0 unspecified atom stereocenters. The first-order valence-corrected chi connectivity index (χ1v) is 15.4. The lowest BCUT2D eigenvalue weighted by Crippen LogP contribution is -2.34. The van der Waals surface area contributed by atoms with Crippen LogP contribution in [0, 0.1) is 45.5 Å². The van der Waals surface area contributed by atoms with E-state index in [4.69, 9.17) is 0 Å². The van der Waals surface area contributed by atoms with E-state index in [0.717, 1.165) is 38.5 Å². The minimum atomic E-state index is -0.450. The first kappa shape index (κ1) is 30.8. The van der Waals surface area contributed by atoms with Crippen molar-refractivity contribution in [2.75, 3.05) is 13.1 Å². The highest BCUT2D eigenvalue weighted by Crippen LogP contribution is 2.35. The summed E-state index contributed by atoms with van der Waals surface area (Å²) in [6.07, 6.45) is 0. The van der Waals surface area contributed by atoms with Gasteiger partial charge in [0.15, 0.2) is 0 Å². The number of hydrogen-bond donors (Lipinski definition) is 2. The summed E-state index contributed by atoms with van der Waals surface area (Å²) in [7, 11) is 0. The third-order valence-corrected chi connectivity index (χ3v) is 8.82. The van der Waals surface area contributed by atoms with Gasteiger partial charge in [-0.2, -0.15) is 10.5 Å². The van der Waals surface area contributed by atoms with Crippen molar-refractivity contribution in [3.63, 3.8) is 0 Å². The molecule has 2 aliphatic rings. The molecule has 2 N–H and O–H groups in total. The van der Waals surface area contributed by atoms with Crippen LogP contribution in [0.3, 0.4) is 0 Å². The van der Waals surface area contributed by atoms with Crippen LogP contribution in [0.1, 0.15) is 37.7 Å². The molecule has 0 saturated carbocycles. The number of carbonyl (C=O) groups is 2. The molecule has 0 bridgehead atoms. The van der Waals surface area contributed by atoms with Gasteiger partial charge in [0, 0.05) is 60.2 Å². The van der Waals surface area contributed by atoms with Crippen LogP contribution in [0.2, 0.25) is 0 Å². The minimum absolute atomic E-state index is 0.00741. The zero-order valence-electron chi connectivity index (χ0n) is 26.1. The number of nitrogens with one attached hydrogen (secondary N) is 2. The number of nitrogens with zero attached hydrogens (tertiary/aromatic N) is 5. The third kappa shape index (κ3) is 5.41. The van der Waals surface area contributed by atoms with Crippen LogP contribution in [0.25, 0.3) is 44.1 Å². The molecule has 4 heterocycles. The van der Waals surface area contributed by atoms with Gasteiger partial charge in [-0.3, -0.25) is 19.7 Å². The van der Waals surface area contributed by atoms with E-state index in [2.05, 4.69) is 22.8 Å². The lowest BCUT2D eigenvalue weighted by atomic mass is 9.99. The van der Waals surface area contributed by atoms with E-state index in [-0.39, 0.29) is 23.3 Å². The standard InChI is InChI=1S/C19H14FN3O.C18H12N4O3/c1-11-2-3-13(8-16(11)20)15-7-12(10-21)6-14-9-17-19(24)22-4-5-23(17)18(14)15;19-10-11-7-13-9-16-18(23)20-5-6-21(16)17(13)15(8-11)12-1-3-14(4-2-12)22(24)25/h2-3,6-9H,4-5H2,1H3,(H,22,24);1-4,7-9H,5-6H2,(H,20,23). The Kier molecular flexibility index (Phi) is 7.62. The number of rotatable bonds is 3. The second-order valence-corrected chi connectivity index (χ2v) is 11.8. The molecule has 0 fully saturated rings. The van der Waals surface area contributed by atoms with Gasteiger partial charge in [-0.1, -0.05) is 12.1 Å². The maximum absolute atomic E-state index is 14.0. The van der Waals surface area contributed by atoms with Crippen LogP contribution < -0.4 is 10.6 Å². The number of benzene rings is 4. The van der Waals surface area contributed by atoms with E-state index in [1.54, 1.807) is 61.5 Å². The Morgan fingerprint density at radius 2 is 1.22 bits per heavy atom. The third-order valence-electron chi connectivity index (χ3n) is 8.82. The molecule has 0 saturated heterocycles. The minimum Gasteiger partial charge on any atom is -0.349 e. The summed E-state index contributed by atoms with van der Waals surface area (Å²) >= 11 is 0.